The van der Waals surface area contributed by atoms with E-state index in [0.717, 1.165) is 6.07 Å². The Morgan fingerprint density at radius 2 is 1.77 bits per heavy atom. The van der Waals surface area contributed by atoms with Gasteiger partial charge in [0.25, 0.3) is 0 Å². The summed E-state index contributed by atoms with van der Waals surface area (Å²) >= 11 is 0. The van der Waals surface area contributed by atoms with Gasteiger partial charge in [0, 0.05) is 43.5 Å². The molecule has 1 aliphatic heterocycles. The lowest BCUT2D eigenvalue weighted by molar-refractivity contribution is 0.0240. The zero-order valence-electron chi connectivity index (χ0n) is 14.8. The van der Waals surface area contributed by atoms with Crippen LogP contribution in [-0.2, 0) is 15.2 Å². The van der Waals surface area contributed by atoms with E-state index in [1.165, 1.54) is 12.1 Å². The van der Waals surface area contributed by atoms with E-state index in [1.54, 1.807) is 25.7 Å². The molecule has 1 aliphatic rings. The number of aldehydes is 1. The van der Waals surface area contributed by atoms with Gasteiger partial charge in [0.05, 0.1) is 0 Å². The van der Waals surface area contributed by atoms with Gasteiger partial charge in [-0.05, 0) is 32.9 Å². The van der Waals surface area contributed by atoms with Crippen LogP contribution in [0.3, 0.4) is 0 Å². The summed E-state index contributed by atoms with van der Waals surface area (Å²) in [6, 6.07) is 3.99. The molecule has 1 amide bonds. The lowest BCUT2D eigenvalue weighted by Gasteiger charge is -2.36. The van der Waals surface area contributed by atoms with Crippen molar-refractivity contribution in [2.45, 2.75) is 26.4 Å². The summed E-state index contributed by atoms with van der Waals surface area (Å²) in [5.74, 6) is -0.290. The van der Waals surface area contributed by atoms with Gasteiger partial charge in [-0.3, -0.25) is 4.79 Å². The molecule has 2 rings (SSSR count). The Kier molecular flexibility index (Phi) is 5.74. The van der Waals surface area contributed by atoms with Crippen molar-refractivity contribution in [2.24, 2.45) is 0 Å². The Morgan fingerprint density at radius 1 is 1.15 bits per heavy atom. The third-order valence-corrected chi connectivity index (χ3v) is 3.93. The van der Waals surface area contributed by atoms with Gasteiger partial charge in [-0.15, -0.1) is 0 Å². The summed E-state index contributed by atoms with van der Waals surface area (Å²) in [5.41, 5.74) is 0.0594. The fourth-order valence-electron chi connectivity index (χ4n) is 2.49. The van der Waals surface area contributed by atoms with Crippen molar-refractivity contribution < 1.29 is 30.8 Å². The van der Waals surface area contributed by atoms with Crippen molar-refractivity contribution >= 4 is 28.6 Å². The quantitative estimate of drug-likeness (QED) is 0.576. The molecule has 8 nitrogen and oxygen atoms in total. The molecule has 0 atom stereocenters. The van der Waals surface area contributed by atoms with Crippen LogP contribution in [0.1, 0.15) is 31.1 Å². The normalized spacial score (nSPS) is 15.5. The molecule has 144 valence electrons. The van der Waals surface area contributed by atoms with E-state index in [0.29, 0.717) is 38.2 Å². The number of amides is 1. The van der Waals surface area contributed by atoms with E-state index in [4.69, 9.17) is 4.74 Å². The molecule has 1 saturated heterocycles. The molecule has 0 aliphatic carbocycles. The highest BCUT2D eigenvalue weighted by atomic mass is 32.3. The summed E-state index contributed by atoms with van der Waals surface area (Å²) in [7, 11) is -5.19. The Hall–Kier alpha value is -2.36. The number of benzene rings is 1. The van der Waals surface area contributed by atoms with Crippen molar-refractivity contribution in [3.63, 3.8) is 0 Å². The average Bonchev–Trinajstić information content (AvgIpc) is 2.51. The maximum absolute atomic E-state index is 12.7. The van der Waals surface area contributed by atoms with Crippen LogP contribution in [0.25, 0.3) is 0 Å². The molecule has 1 heterocycles. The monoisotopic (exact) mass is 388 g/mol. The SMILES string of the molecule is CC(C)(C)OC(=O)N1CCN(c2cc(C=O)cc(OS(=O)(=O)F)c2)CC1. The van der Waals surface area contributed by atoms with Gasteiger partial charge >= 0.3 is 16.6 Å². The van der Waals surface area contributed by atoms with Crippen molar-refractivity contribution in [3.05, 3.63) is 23.8 Å². The van der Waals surface area contributed by atoms with E-state index >= 15 is 0 Å². The van der Waals surface area contributed by atoms with Crippen molar-refractivity contribution in [2.75, 3.05) is 31.1 Å². The molecule has 10 heteroatoms. The second-order valence-corrected chi connectivity index (χ2v) is 7.76. The van der Waals surface area contributed by atoms with Crippen LogP contribution < -0.4 is 9.08 Å². The fraction of sp³-hybridized carbons (Fsp3) is 0.500. The van der Waals surface area contributed by atoms with Gasteiger partial charge in [0.1, 0.15) is 17.6 Å². The van der Waals surface area contributed by atoms with Crippen molar-refractivity contribution in [1.29, 1.82) is 0 Å². The molecule has 1 fully saturated rings. The zero-order valence-corrected chi connectivity index (χ0v) is 15.6. The molecule has 0 radical (unpaired) electrons. The van der Waals surface area contributed by atoms with Gasteiger partial charge in [-0.1, -0.05) is 3.89 Å². The highest BCUT2D eigenvalue weighted by molar-refractivity contribution is 7.81. The first-order valence-corrected chi connectivity index (χ1v) is 9.25. The highest BCUT2D eigenvalue weighted by Crippen LogP contribution is 2.26. The minimum Gasteiger partial charge on any atom is -0.444 e. The standard InChI is InChI=1S/C16H21FN2O6S/c1-16(2,3)24-15(21)19-6-4-18(5-7-19)13-8-12(11-20)9-14(10-13)25-26(17,22)23/h8-11H,4-7H2,1-3H3. The molecule has 26 heavy (non-hydrogen) atoms. The third kappa shape index (κ3) is 5.87. The van der Waals surface area contributed by atoms with Gasteiger partial charge in [0.15, 0.2) is 0 Å². The number of halogens is 1. The lowest BCUT2D eigenvalue weighted by Crippen LogP contribution is -2.50. The van der Waals surface area contributed by atoms with Gasteiger partial charge in [-0.2, -0.15) is 8.42 Å². The van der Waals surface area contributed by atoms with Crippen LogP contribution >= 0.6 is 0 Å². The summed E-state index contributed by atoms with van der Waals surface area (Å²) in [4.78, 5) is 26.5. The van der Waals surface area contributed by atoms with Crippen LogP contribution in [0.15, 0.2) is 18.2 Å². The number of rotatable bonds is 4. The highest BCUT2D eigenvalue weighted by Gasteiger charge is 2.26. The second kappa shape index (κ2) is 7.48. The Bertz CT molecular complexity index is 782. The molecule has 0 N–H and O–H groups in total. The molecular formula is C16H21FN2O6S. The molecule has 0 unspecified atom stereocenters. The number of carbonyl (C=O) groups is 2. The number of carbonyl (C=O) groups excluding carboxylic acids is 2. The Morgan fingerprint density at radius 3 is 2.27 bits per heavy atom. The number of nitrogens with zero attached hydrogens (tertiary/aromatic N) is 2. The first kappa shape index (κ1) is 20.0. The topological polar surface area (TPSA) is 93.2 Å². The van der Waals surface area contributed by atoms with Crippen LogP contribution in [0, 0.1) is 0 Å². The molecule has 0 spiro atoms. The van der Waals surface area contributed by atoms with Crippen LogP contribution in [0.2, 0.25) is 0 Å². The van der Waals surface area contributed by atoms with E-state index in [1.807, 2.05) is 4.90 Å². The molecule has 0 aromatic heterocycles. The molecule has 1 aromatic carbocycles. The zero-order chi connectivity index (χ0) is 19.5. The summed E-state index contributed by atoms with van der Waals surface area (Å²) < 4.78 is 43.6. The summed E-state index contributed by atoms with van der Waals surface area (Å²) in [5, 5.41) is 0. The predicted molar refractivity (Wildman–Crippen MR) is 92.5 cm³/mol. The fourth-order valence-corrected chi connectivity index (χ4v) is 2.82. The Balaban J connectivity index is 2.10. The van der Waals surface area contributed by atoms with E-state index < -0.39 is 22.2 Å². The average molecular weight is 388 g/mol. The maximum atomic E-state index is 12.7. The maximum Gasteiger partial charge on any atom is 0.488 e. The molecule has 0 saturated carbocycles. The van der Waals surface area contributed by atoms with Gasteiger partial charge in [0.2, 0.25) is 0 Å². The second-order valence-electron chi connectivity index (χ2n) is 6.81. The smallest absolute Gasteiger partial charge is 0.444 e. The number of anilines is 1. The first-order valence-electron chi connectivity index (χ1n) is 7.94. The predicted octanol–water partition coefficient (Wildman–Crippen LogP) is 2.15. The van der Waals surface area contributed by atoms with Crippen LogP contribution in [0.4, 0.5) is 14.4 Å². The lowest BCUT2D eigenvalue weighted by atomic mass is 10.1. The van der Waals surface area contributed by atoms with Gasteiger partial charge < -0.3 is 18.7 Å². The van der Waals surface area contributed by atoms with E-state index in [9.17, 15) is 21.9 Å². The number of ether oxygens (including phenoxy) is 1. The summed E-state index contributed by atoms with van der Waals surface area (Å²) in [6.07, 6.45) is 0.101. The van der Waals surface area contributed by atoms with Crippen LogP contribution in [0.5, 0.6) is 5.75 Å². The van der Waals surface area contributed by atoms with E-state index in [-0.39, 0.29) is 11.3 Å². The number of hydrogen-bond donors (Lipinski definition) is 0. The third-order valence-electron chi connectivity index (χ3n) is 3.54. The van der Waals surface area contributed by atoms with Gasteiger partial charge in [-0.25, -0.2) is 4.79 Å². The van der Waals surface area contributed by atoms with Crippen molar-refractivity contribution in [1.82, 2.24) is 4.90 Å². The molecular weight excluding hydrogens is 367 g/mol. The van der Waals surface area contributed by atoms with E-state index in [2.05, 4.69) is 4.18 Å². The minimum absolute atomic E-state index is 0.149. The summed E-state index contributed by atoms with van der Waals surface area (Å²) in [6.45, 7) is 6.99. The Labute approximate surface area is 151 Å². The number of piperazine rings is 1. The molecule has 0 bridgehead atoms. The minimum atomic E-state index is -5.19. The van der Waals surface area contributed by atoms with Crippen LogP contribution in [-0.4, -0.2) is 57.5 Å². The largest absolute Gasteiger partial charge is 0.488 e. The first-order chi connectivity index (χ1) is 12.0. The molecule has 1 aromatic rings. The number of hydrogen-bond acceptors (Lipinski definition) is 7. The van der Waals surface area contributed by atoms with Crippen molar-refractivity contribution in [3.8, 4) is 5.75 Å².